The lowest BCUT2D eigenvalue weighted by molar-refractivity contribution is 0.102. The van der Waals surface area contributed by atoms with E-state index >= 15 is 0 Å². The first-order valence-corrected chi connectivity index (χ1v) is 10.1. The molecular weight excluding hydrogens is 378 g/mol. The van der Waals surface area contributed by atoms with E-state index in [4.69, 9.17) is 4.74 Å². The number of ether oxygens (including phenoxy) is 1. The van der Waals surface area contributed by atoms with Crippen LogP contribution in [0, 0.1) is 6.92 Å². The summed E-state index contributed by atoms with van der Waals surface area (Å²) in [7, 11) is 0. The number of aromatic nitrogens is 2. The van der Waals surface area contributed by atoms with Gasteiger partial charge in [-0.1, -0.05) is 65.6 Å². The van der Waals surface area contributed by atoms with Gasteiger partial charge in [0, 0.05) is 11.3 Å². The summed E-state index contributed by atoms with van der Waals surface area (Å²) in [6, 6.07) is 15.3. The van der Waals surface area contributed by atoms with E-state index in [1.54, 1.807) is 42.1 Å². The summed E-state index contributed by atoms with van der Waals surface area (Å²) in [5.41, 5.74) is 3.00. The Bertz CT molecular complexity index is 906. The predicted octanol–water partition coefficient (Wildman–Crippen LogP) is 4.96. The van der Waals surface area contributed by atoms with Gasteiger partial charge in [0.25, 0.3) is 5.91 Å². The van der Waals surface area contributed by atoms with Crippen LogP contribution < -0.4 is 10.1 Å². The Balaban J connectivity index is 1.54. The topological polar surface area (TPSA) is 64.1 Å². The molecule has 1 aromatic heterocycles. The zero-order valence-corrected chi connectivity index (χ0v) is 16.5. The molecule has 0 saturated heterocycles. The van der Waals surface area contributed by atoms with E-state index in [1.165, 1.54) is 22.5 Å². The van der Waals surface area contributed by atoms with E-state index in [-0.39, 0.29) is 5.91 Å². The Morgan fingerprint density at radius 2 is 1.93 bits per heavy atom. The predicted molar refractivity (Wildman–Crippen MR) is 111 cm³/mol. The number of hydrogen-bond donors (Lipinski definition) is 1. The monoisotopic (exact) mass is 397 g/mol. The first-order valence-electron chi connectivity index (χ1n) is 8.31. The number of nitrogens with one attached hydrogen (secondary N) is 1. The van der Waals surface area contributed by atoms with E-state index in [1.807, 2.05) is 0 Å². The highest BCUT2D eigenvalue weighted by Crippen LogP contribution is 2.28. The van der Waals surface area contributed by atoms with Gasteiger partial charge in [-0.2, -0.15) is 0 Å². The second kappa shape index (κ2) is 9.34. The molecule has 27 heavy (non-hydrogen) atoms. The smallest absolute Gasteiger partial charge is 0.257 e. The van der Waals surface area contributed by atoms with Crippen molar-refractivity contribution in [1.82, 2.24) is 10.2 Å². The number of carbonyl (C=O) groups is 1. The number of hydrogen-bond acceptors (Lipinski definition) is 6. The highest BCUT2D eigenvalue weighted by Gasteiger charge is 2.11. The van der Waals surface area contributed by atoms with Crippen molar-refractivity contribution < 1.29 is 9.53 Å². The Kier molecular flexibility index (Phi) is 6.62. The molecule has 1 heterocycles. The molecule has 0 aliphatic carbocycles. The van der Waals surface area contributed by atoms with Crippen molar-refractivity contribution in [2.75, 3.05) is 11.9 Å². The molecule has 5 nitrogen and oxygen atoms in total. The quantitative estimate of drug-likeness (QED) is 0.331. The highest BCUT2D eigenvalue weighted by atomic mass is 32.2. The summed E-state index contributed by atoms with van der Waals surface area (Å²) >= 11 is 2.97. The van der Waals surface area contributed by atoms with Crippen LogP contribution in [0.15, 0.2) is 65.5 Å². The average Bonchev–Trinajstić information content (AvgIpc) is 3.13. The fourth-order valence-corrected chi connectivity index (χ4v) is 3.88. The Hall–Kier alpha value is -2.64. The lowest BCUT2D eigenvalue weighted by Crippen LogP contribution is -2.11. The summed E-state index contributed by atoms with van der Waals surface area (Å²) in [5.74, 6) is 1.28. The highest BCUT2D eigenvalue weighted by molar-refractivity contribution is 8.00. The molecular formula is C20H19N3O2S2. The first-order chi connectivity index (χ1) is 13.1. The Morgan fingerprint density at radius 1 is 1.19 bits per heavy atom. The van der Waals surface area contributed by atoms with E-state index in [2.05, 4.69) is 53.3 Å². The van der Waals surface area contributed by atoms with Crippen LogP contribution in [0.4, 0.5) is 5.13 Å². The van der Waals surface area contributed by atoms with Gasteiger partial charge >= 0.3 is 0 Å². The van der Waals surface area contributed by atoms with Gasteiger partial charge in [0.2, 0.25) is 5.13 Å². The maximum absolute atomic E-state index is 12.3. The molecule has 0 fully saturated rings. The van der Waals surface area contributed by atoms with E-state index < -0.39 is 0 Å². The van der Waals surface area contributed by atoms with Gasteiger partial charge in [-0.05, 0) is 36.8 Å². The van der Waals surface area contributed by atoms with Gasteiger partial charge in [-0.25, -0.2) is 0 Å². The number of anilines is 1. The largest absolute Gasteiger partial charge is 0.490 e. The van der Waals surface area contributed by atoms with E-state index in [0.29, 0.717) is 23.1 Å². The minimum atomic E-state index is -0.225. The molecule has 0 unspecified atom stereocenters. The zero-order chi connectivity index (χ0) is 19.1. The molecule has 3 rings (SSSR count). The standard InChI is InChI=1S/C20H19N3O2S2/c1-3-12-25-17-10-8-16(9-11-17)18(24)21-19-22-23-20(27-19)26-13-15-6-4-14(2)5-7-15/h3-11H,1,12-13H2,2H3,(H,21,22,24). The van der Waals surface area contributed by atoms with Crippen LogP contribution in [0.1, 0.15) is 21.5 Å². The fourth-order valence-electron chi connectivity index (χ4n) is 2.17. The Morgan fingerprint density at radius 3 is 2.63 bits per heavy atom. The lowest BCUT2D eigenvalue weighted by atomic mass is 10.2. The number of thioether (sulfide) groups is 1. The molecule has 3 aromatic rings. The molecule has 0 bridgehead atoms. The number of carbonyl (C=O) groups excluding carboxylic acids is 1. The maximum atomic E-state index is 12.3. The van der Waals surface area contributed by atoms with Crippen molar-refractivity contribution in [3.63, 3.8) is 0 Å². The molecule has 7 heteroatoms. The van der Waals surface area contributed by atoms with Crippen LogP contribution in [0.25, 0.3) is 0 Å². The van der Waals surface area contributed by atoms with Gasteiger partial charge in [0.1, 0.15) is 12.4 Å². The molecule has 0 spiro atoms. The van der Waals surface area contributed by atoms with Crippen LogP contribution >= 0.6 is 23.1 Å². The molecule has 0 aliphatic rings. The third-order valence-electron chi connectivity index (χ3n) is 3.59. The van der Waals surface area contributed by atoms with Gasteiger partial charge in [0.05, 0.1) is 0 Å². The fraction of sp³-hybridized carbons (Fsp3) is 0.150. The second-order valence-electron chi connectivity index (χ2n) is 5.73. The SMILES string of the molecule is C=CCOc1ccc(C(=O)Nc2nnc(SCc3ccc(C)cc3)s2)cc1. The van der Waals surface area contributed by atoms with Gasteiger partial charge in [-0.3, -0.25) is 10.1 Å². The first kappa shape index (κ1) is 19.1. The number of rotatable bonds is 8. The summed E-state index contributed by atoms with van der Waals surface area (Å²) in [6.45, 7) is 6.10. The van der Waals surface area contributed by atoms with Crippen molar-refractivity contribution in [3.8, 4) is 5.75 Å². The van der Waals surface area contributed by atoms with Gasteiger partial charge in [0.15, 0.2) is 4.34 Å². The second-order valence-corrected chi connectivity index (χ2v) is 7.93. The summed E-state index contributed by atoms with van der Waals surface area (Å²) in [6.07, 6.45) is 1.67. The van der Waals surface area contributed by atoms with Crippen molar-refractivity contribution in [2.24, 2.45) is 0 Å². The zero-order valence-electron chi connectivity index (χ0n) is 14.8. The maximum Gasteiger partial charge on any atom is 0.257 e. The van der Waals surface area contributed by atoms with Crippen molar-refractivity contribution in [3.05, 3.63) is 77.9 Å². The Labute approximate surface area is 166 Å². The number of benzene rings is 2. The van der Waals surface area contributed by atoms with Gasteiger partial charge < -0.3 is 4.74 Å². The summed E-state index contributed by atoms with van der Waals surface area (Å²) in [4.78, 5) is 12.3. The summed E-state index contributed by atoms with van der Waals surface area (Å²) in [5, 5.41) is 11.4. The third-order valence-corrected chi connectivity index (χ3v) is 5.64. The van der Waals surface area contributed by atoms with Gasteiger partial charge in [-0.15, -0.1) is 10.2 Å². The van der Waals surface area contributed by atoms with Crippen molar-refractivity contribution in [1.29, 1.82) is 0 Å². The number of nitrogens with zero attached hydrogens (tertiary/aromatic N) is 2. The molecule has 0 saturated carbocycles. The van der Waals surface area contributed by atoms with Crippen LogP contribution in [0.2, 0.25) is 0 Å². The van der Waals surface area contributed by atoms with Crippen molar-refractivity contribution >= 4 is 34.1 Å². The third kappa shape index (κ3) is 5.67. The molecule has 1 N–H and O–H groups in total. The van der Waals surface area contributed by atoms with Crippen LogP contribution in [0.3, 0.4) is 0 Å². The molecule has 138 valence electrons. The normalized spacial score (nSPS) is 10.4. The molecule has 0 radical (unpaired) electrons. The average molecular weight is 398 g/mol. The van der Waals surface area contributed by atoms with Crippen molar-refractivity contribution in [2.45, 2.75) is 17.0 Å². The molecule has 1 amide bonds. The van der Waals surface area contributed by atoms with E-state index in [0.717, 1.165) is 10.1 Å². The van der Waals surface area contributed by atoms with Crippen LogP contribution in [-0.4, -0.2) is 22.7 Å². The molecule has 0 aliphatic heterocycles. The van der Waals surface area contributed by atoms with E-state index in [9.17, 15) is 4.79 Å². The minimum absolute atomic E-state index is 0.225. The number of amides is 1. The minimum Gasteiger partial charge on any atom is -0.490 e. The number of aryl methyl sites for hydroxylation is 1. The van der Waals surface area contributed by atoms with Crippen LogP contribution in [-0.2, 0) is 5.75 Å². The summed E-state index contributed by atoms with van der Waals surface area (Å²) < 4.78 is 6.23. The molecule has 0 atom stereocenters. The van der Waals surface area contributed by atoms with Crippen LogP contribution in [0.5, 0.6) is 5.75 Å². The molecule has 2 aromatic carbocycles. The lowest BCUT2D eigenvalue weighted by Gasteiger charge is -2.04.